The van der Waals surface area contributed by atoms with Gasteiger partial charge in [0.05, 0.1) is 138 Å². The minimum absolute atomic E-state index is 0.0485. The van der Waals surface area contributed by atoms with Gasteiger partial charge in [-0.1, -0.05) is 41.5 Å². The minimum atomic E-state index is -2.92. The van der Waals surface area contributed by atoms with E-state index in [9.17, 15) is 57.5 Å². The molecule has 0 N–H and O–H groups in total. The first-order valence-electron chi connectivity index (χ1n) is 44.2. The Labute approximate surface area is 819 Å². The number of ether oxygens (including phenoxy) is 14. The van der Waals surface area contributed by atoms with Crippen molar-refractivity contribution in [2.45, 2.75) is 142 Å². The van der Waals surface area contributed by atoms with Crippen LogP contribution in [0.1, 0.15) is 112 Å². The van der Waals surface area contributed by atoms with Crippen LogP contribution in [0.3, 0.4) is 0 Å². The molecule has 0 aliphatic carbocycles. The molecule has 0 aromatic carbocycles. The van der Waals surface area contributed by atoms with Crippen LogP contribution in [0.2, 0.25) is 30.2 Å². The lowest BCUT2D eigenvalue weighted by Crippen LogP contribution is -2.47. The first-order valence-corrected chi connectivity index (χ1v) is 60.4. The highest BCUT2D eigenvalue weighted by Crippen LogP contribution is 2.30. The van der Waals surface area contributed by atoms with Crippen molar-refractivity contribution in [3.63, 3.8) is 0 Å². The number of carbonyl (C=O) groups is 12. The molecule has 0 fully saturated rings. The molecule has 0 heterocycles. The van der Waals surface area contributed by atoms with Gasteiger partial charge in [-0.25, -0.2) is 0 Å². The first kappa shape index (κ1) is 129. The number of hydrogen-bond donors (Lipinski definition) is 0. The standard InChI is InChI=1S/C83H154O39S6Si5/c1-64(76(90)111-32-21-45-129-97-8)50-123-39-26-70(84)117-58-82(59-118-71(85)27-40-124-51-65(2)77(91)112-33-22-46-130(98-9,99-10)100-11,60-119-72(86)28-41-125-52-66(3)78(92)113-34-23-47-131(101-12,102-13)103-14)56-110-57-83(63-122-75(89)31-44-128-55-69(6)81(95)116-38-37-96-7,61-120-73(87)29-42-126-53-67(4)79(93)114-35-24-48-132(104-15,105-16)106-17)62-121-74(88)30-43-127-54-68(5)80(94)115-36-25-49-133(107-18,108-19)109-20/h64-69H,21-63,129H2,1-20H3. The smallest absolute Gasteiger partial charge is 0.465 e. The molecule has 0 aliphatic heterocycles. The summed E-state index contributed by atoms with van der Waals surface area (Å²) >= 11 is 7.67. The average Bonchev–Trinajstić information content (AvgIpc) is 0.823. The summed E-state index contributed by atoms with van der Waals surface area (Å²) in [7, 11) is 8.56. The van der Waals surface area contributed by atoms with E-state index in [2.05, 4.69) is 0 Å². The zero-order chi connectivity index (χ0) is 99.8. The highest BCUT2D eigenvalue weighted by atomic mass is 32.2. The summed E-state index contributed by atoms with van der Waals surface area (Å²) < 4.78 is 152. The molecule has 0 bridgehead atoms. The Morgan fingerprint density at radius 3 is 0.617 bits per heavy atom. The molecule has 0 spiro atoms. The van der Waals surface area contributed by atoms with E-state index in [4.69, 9.17) is 124 Å². The van der Waals surface area contributed by atoms with Gasteiger partial charge in [-0.15, -0.1) is 0 Å². The number of rotatable bonds is 88. The van der Waals surface area contributed by atoms with Gasteiger partial charge < -0.3 is 124 Å². The fourth-order valence-corrected chi connectivity index (χ4v) is 24.7. The van der Waals surface area contributed by atoms with Gasteiger partial charge in [0.2, 0.25) is 0 Å². The molecule has 0 saturated carbocycles. The van der Waals surface area contributed by atoms with E-state index in [1.807, 2.05) is 0 Å². The Hall–Kier alpha value is -3.78. The van der Waals surface area contributed by atoms with E-state index < -0.39 is 216 Å². The molecule has 39 nitrogen and oxygen atoms in total. The van der Waals surface area contributed by atoms with Gasteiger partial charge in [0.1, 0.15) is 46.2 Å². The summed E-state index contributed by atoms with van der Waals surface area (Å²) in [6.07, 6.45) is 1.03. The first-order chi connectivity index (χ1) is 63.6. The van der Waals surface area contributed by atoms with Gasteiger partial charge in [-0.3, -0.25) is 57.5 Å². The third-order valence-electron chi connectivity index (χ3n) is 20.1. The van der Waals surface area contributed by atoms with Gasteiger partial charge in [0.15, 0.2) is 9.76 Å². The van der Waals surface area contributed by atoms with Gasteiger partial charge in [0.25, 0.3) is 0 Å². The molecule has 50 heteroatoms. The third-order valence-corrected chi connectivity index (χ3v) is 40.0. The van der Waals surface area contributed by atoms with Crippen LogP contribution in [0.5, 0.6) is 0 Å². The lowest BCUT2D eigenvalue weighted by atomic mass is 9.90. The van der Waals surface area contributed by atoms with Crippen molar-refractivity contribution in [2.24, 2.45) is 46.3 Å². The zero-order valence-corrected chi connectivity index (χ0v) is 92.3. The van der Waals surface area contributed by atoms with Gasteiger partial charge in [-0.05, 0) is 38.1 Å². The van der Waals surface area contributed by atoms with Crippen molar-refractivity contribution in [1.82, 2.24) is 0 Å². The Kier molecular flexibility index (Phi) is 75.7. The topological polar surface area (TPSA) is 454 Å². The summed E-state index contributed by atoms with van der Waals surface area (Å²) in [5, 5.41) is 0. The van der Waals surface area contributed by atoms with E-state index in [1.165, 1.54) is 163 Å². The molecular weight excluding hydrogens is 1950 g/mol. The molecular formula is C83H154O39S6Si5. The lowest BCUT2D eigenvalue weighted by Gasteiger charge is -2.35. The van der Waals surface area contributed by atoms with Crippen LogP contribution in [0.25, 0.3) is 0 Å². The fraction of sp³-hybridized carbons (Fsp3) is 0.855. The maximum absolute atomic E-state index is 14.2. The van der Waals surface area contributed by atoms with Gasteiger partial charge in [-0.2, -0.15) is 70.6 Å². The van der Waals surface area contributed by atoms with E-state index in [-0.39, 0.29) is 148 Å². The second-order valence-corrected chi connectivity index (χ2v) is 52.1. The quantitative estimate of drug-likeness (QED) is 0.0239. The minimum Gasteiger partial charge on any atom is -0.465 e. The van der Waals surface area contributed by atoms with Crippen LogP contribution >= 0.6 is 70.6 Å². The number of esters is 12. The van der Waals surface area contributed by atoms with E-state index in [1.54, 1.807) is 48.7 Å². The molecule has 0 radical (unpaired) electrons. The van der Waals surface area contributed by atoms with Crippen LogP contribution in [-0.2, 0) is 181 Å². The normalized spacial score (nSPS) is 14.3. The average molecular weight is 2110 g/mol. The molecule has 0 aromatic rings. The Morgan fingerprint density at radius 1 is 0.248 bits per heavy atom. The number of carbonyl (C=O) groups excluding carboxylic acids is 12. The molecule has 6 atom stereocenters. The fourth-order valence-electron chi connectivity index (χ4n) is 11.4. The van der Waals surface area contributed by atoms with Crippen LogP contribution in [-0.4, -0.2) is 384 Å². The maximum Gasteiger partial charge on any atom is 0.500 e. The van der Waals surface area contributed by atoms with Crippen LogP contribution < -0.4 is 0 Å². The van der Waals surface area contributed by atoms with Crippen molar-refractivity contribution >= 4 is 187 Å². The van der Waals surface area contributed by atoms with Crippen molar-refractivity contribution < 1.29 is 181 Å². The monoisotopic (exact) mass is 2110 g/mol. The number of hydrogen-bond acceptors (Lipinski definition) is 45. The lowest BCUT2D eigenvalue weighted by molar-refractivity contribution is -0.175. The predicted octanol–water partition coefficient (Wildman–Crippen LogP) is 8.31. The van der Waals surface area contributed by atoms with Crippen LogP contribution in [0.4, 0.5) is 0 Å². The Balaban J connectivity index is 8.07. The Morgan fingerprint density at radius 2 is 0.436 bits per heavy atom. The van der Waals surface area contributed by atoms with Crippen molar-refractivity contribution in [2.75, 3.05) is 268 Å². The largest absolute Gasteiger partial charge is 0.500 e. The van der Waals surface area contributed by atoms with Crippen molar-refractivity contribution in [3.8, 4) is 0 Å². The van der Waals surface area contributed by atoms with E-state index in [0.29, 0.717) is 62.0 Å². The molecule has 0 aromatic heterocycles. The maximum atomic E-state index is 14.2. The van der Waals surface area contributed by atoms with Gasteiger partial charge >= 0.3 is 107 Å². The summed E-state index contributed by atoms with van der Waals surface area (Å²) in [5.74, 6) is -8.33. The molecule has 0 rings (SSSR count). The number of methoxy groups -OCH3 is 1. The predicted molar refractivity (Wildman–Crippen MR) is 516 cm³/mol. The SMILES string of the molecule is COCCOC(=O)C(C)CSCCC(=O)OCC(COCC(COC(=O)CCSCC(C)C(=O)OCCC[SiH2]OC)(COC(=O)CCSCC(C)C(=O)OCCC[Si](OC)(OC)OC)COC(=O)CCSCC(C)C(=O)OCCC[Si](OC)(OC)OC)(COC(=O)CCSCC(C)C(=O)OCCC[Si](OC)(OC)OC)COC(=O)CCSCC(C)C(=O)OCCC[Si](OC)(OC)OC. The van der Waals surface area contributed by atoms with E-state index in [0.717, 1.165) is 6.04 Å². The van der Waals surface area contributed by atoms with Crippen LogP contribution in [0.15, 0.2) is 0 Å². The molecule has 0 aliphatic rings. The zero-order valence-electron chi connectivity index (χ0n) is 81.9. The summed E-state index contributed by atoms with van der Waals surface area (Å²) in [4.78, 5) is 163. The second kappa shape index (κ2) is 77.9. The Bertz CT molecular complexity index is 2900. The van der Waals surface area contributed by atoms with E-state index >= 15 is 0 Å². The highest BCUT2D eigenvalue weighted by Gasteiger charge is 2.44. The van der Waals surface area contributed by atoms with Crippen LogP contribution in [0, 0.1) is 46.3 Å². The van der Waals surface area contributed by atoms with Gasteiger partial charge in [0, 0.05) is 193 Å². The molecule has 133 heavy (non-hydrogen) atoms. The molecule has 0 saturated heterocycles. The number of thioether (sulfide) groups is 6. The molecule has 0 amide bonds. The molecule has 776 valence electrons. The second-order valence-electron chi connectivity index (χ2n) is 31.1. The third kappa shape index (κ3) is 58.9. The molecule has 6 unspecified atom stereocenters. The summed E-state index contributed by atoms with van der Waals surface area (Å²) in [5.41, 5.74) is -3.63. The highest BCUT2D eigenvalue weighted by molar-refractivity contribution is 8.00. The van der Waals surface area contributed by atoms with Crippen molar-refractivity contribution in [3.05, 3.63) is 0 Å². The summed E-state index contributed by atoms with van der Waals surface area (Å²) in [6.45, 7) is 5.72. The summed E-state index contributed by atoms with van der Waals surface area (Å²) in [6, 6.07) is 2.43. The van der Waals surface area contributed by atoms with Crippen molar-refractivity contribution in [1.29, 1.82) is 0 Å².